The summed E-state index contributed by atoms with van der Waals surface area (Å²) in [6.45, 7) is 4.05. The number of pyridine rings is 1. The van der Waals surface area contributed by atoms with Crippen LogP contribution in [-0.4, -0.2) is 37.6 Å². The molecule has 1 amide bonds. The molecule has 1 aliphatic carbocycles. The SMILES string of the molecule is Cc1cc(C)cc(CC(=O)N[C@H]2CC[C@@H](n3c(=O)c4cc(F)cnc4n(C4CCSCC4)c3=O)CC2)c1. The summed E-state index contributed by atoms with van der Waals surface area (Å²) in [5.41, 5.74) is 2.71. The Morgan fingerprint density at radius 1 is 0.973 bits per heavy atom. The van der Waals surface area contributed by atoms with Crippen LogP contribution in [0.4, 0.5) is 4.39 Å². The Labute approximate surface area is 219 Å². The van der Waals surface area contributed by atoms with Gasteiger partial charge >= 0.3 is 5.69 Å². The summed E-state index contributed by atoms with van der Waals surface area (Å²) in [6, 6.07) is 7.01. The molecule has 0 spiro atoms. The molecule has 1 saturated heterocycles. The molecule has 0 radical (unpaired) electrons. The van der Waals surface area contributed by atoms with Gasteiger partial charge in [-0.05, 0) is 75.5 Å². The number of benzene rings is 1. The first-order chi connectivity index (χ1) is 17.8. The second-order valence-corrected chi connectivity index (χ2v) is 11.7. The number of amides is 1. The Bertz CT molecular complexity index is 1420. The number of rotatable bonds is 5. The highest BCUT2D eigenvalue weighted by Gasteiger charge is 2.29. The molecule has 7 nitrogen and oxygen atoms in total. The van der Waals surface area contributed by atoms with Gasteiger partial charge in [0.1, 0.15) is 11.5 Å². The van der Waals surface area contributed by atoms with Crippen LogP contribution in [0, 0.1) is 19.7 Å². The average molecular weight is 525 g/mol. The first kappa shape index (κ1) is 25.7. The monoisotopic (exact) mass is 524 g/mol. The molecule has 37 heavy (non-hydrogen) atoms. The van der Waals surface area contributed by atoms with E-state index in [2.05, 4.69) is 16.4 Å². The van der Waals surface area contributed by atoms with Crippen LogP contribution in [0.2, 0.25) is 0 Å². The maximum atomic E-state index is 14.1. The fourth-order valence-corrected chi connectivity index (χ4v) is 6.99. The van der Waals surface area contributed by atoms with Crippen LogP contribution < -0.4 is 16.6 Å². The van der Waals surface area contributed by atoms with Crippen LogP contribution in [0.5, 0.6) is 0 Å². The number of thioether (sulfide) groups is 1. The van der Waals surface area contributed by atoms with Crippen LogP contribution in [-0.2, 0) is 11.2 Å². The molecule has 9 heteroatoms. The summed E-state index contributed by atoms with van der Waals surface area (Å²) in [7, 11) is 0. The van der Waals surface area contributed by atoms with Crippen LogP contribution in [0.15, 0.2) is 40.1 Å². The van der Waals surface area contributed by atoms with Crippen molar-refractivity contribution in [2.24, 2.45) is 0 Å². The van der Waals surface area contributed by atoms with Crippen LogP contribution in [0.3, 0.4) is 0 Å². The Morgan fingerprint density at radius 3 is 2.30 bits per heavy atom. The summed E-state index contributed by atoms with van der Waals surface area (Å²) in [5, 5.41) is 3.29. The van der Waals surface area contributed by atoms with E-state index in [1.165, 1.54) is 10.6 Å². The predicted molar refractivity (Wildman–Crippen MR) is 145 cm³/mol. The summed E-state index contributed by atoms with van der Waals surface area (Å²) in [4.78, 5) is 44.0. The Hall–Kier alpha value is -2.94. The molecule has 1 saturated carbocycles. The van der Waals surface area contributed by atoms with Crippen molar-refractivity contribution >= 4 is 28.7 Å². The number of hydrogen-bond acceptors (Lipinski definition) is 5. The van der Waals surface area contributed by atoms with Gasteiger partial charge in [0, 0.05) is 18.1 Å². The molecule has 1 aromatic carbocycles. The molecule has 0 bridgehead atoms. The molecular weight excluding hydrogens is 491 g/mol. The summed E-state index contributed by atoms with van der Waals surface area (Å²) in [5.74, 6) is 1.27. The third-order valence-electron chi connectivity index (χ3n) is 7.55. The topological polar surface area (TPSA) is 86.0 Å². The Balaban J connectivity index is 1.35. The number of carbonyl (C=O) groups excluding carboxylic acids is 1. The van der Waals surface area contributed by atoms with Crippen LogP contribution in [0.1, 0.15) is 67.3 Å². The molecule has 196 valence electrons. The molecule has 2 aliphatic rings. The van der Waals surface area contributed by atoms with Gasteiger partial charge in [-0.25, -0.2) is 14.2 Å². The van der Waals surface area contributed by atoms with Crippen molar-refractivity contribution in [3.8, 4) is 0 Å². The average Bonchev–Trinajstić information content (AvgIpc) is 2.85. The molecule has 0 atom stereocenters. The highest BCUT2D eigenvalue weighted by molar-refractivity contribution is 7.99. The minimum atomic E-state index is -0.587. The zero-order chi connectivity index (χ0) is 26.1. The molecule has 1 aliphatic heterocycles. The third-order valence-corrected chi connectivity index (χ3v) is 8.60. The Morgan fingerprint density at radius 2 is 1.62 bits per heavy atom. The minimum absolute atomic E-state index is 0.00233. The van der Waals surface area contributed by atoms with Gasteiger partial charge in [0.25, 0.3) is 5.56 Å². The van der Waals surface area contributed by atoms with Crippen molar-refractivity contribution < 1.29 is 9.18 Å². The van der Waals surface area contributed by atoms with Gasteiger partial charge < -0.3 is 5.32 Å². The zero-order valence-corrected chi connectivity index (χ0v) is 22.2. The molecule has 5 rings (SSSR count). The second-order valence-electron chi connectivity index (χ2n) is 10.4. The van der Waals surface area contributed by atoms with Gasteiger partial charge in [-0.3, -0.25) is 18.7 Å². The number of aryl methyl sites for hydroxylation is 2. The lowest BCUT2D eigenvalue weighted by molar-refractivity contribution is -0.121. The van der Waals surface area contributed by atoms with Crippen molar-refractivity contribution in [2.75, 3.05) is 11.5 Å². The van der Waals surface area contributed by atoms with Crippen LogP contribution in [0.25, 0.3) is 11.0 Å². The van der Waals surface area contributed by atoms with E-state index in [-0.39, 0.29) is 40.8 Å². The third kappa shape index (κ3) is 5.51. The maximum Gasteiger partial charge on any atom is 0.333 e. The maximum absolute atomic E-state index is 14.1. The predicted octanol–water partition coefficient (Wildman–Crippen LogP) is 4.22. The van der Waals surface area contributed by atoms with E-state index in [0.29, 0.717) is 32.1 Å². The first-order valence-corrected chi connectivity index (χ1v) is 14.2. The fourth-order valence-electron chi connectivity index (χ4n) is 5.91. The number of nitrogens with one attached hydrogen (secondary N) is 1. The van der Waals surface area contributed by atoms with E-state index in [1.54, 1.807) is 4.57 Å². The van der Waals surface area contributed by atoms with Crippen molar-refractivity contribution in [1.82, 2.24) is 19.4 Å². The van der Waals surface area contributed by atoms with Crippen molar-refractivity contribution in [2.45, 2.75) is 76.9 Å². The van der Waals surface area contributed by atoms with E-state index in [1.807, 2.05) is 37.7 Å². The lowest BCUT2D eigenvalue weighted by atomic mass is 9.90. The summed E-state index contributed by atoms with van der Waals surface area (Å²) < 4.78 is 17.1. The highest BCUT2D eigenvalue weighted by Crippen LogP contribution is 2.30. The normalized spacial score (nSPS) is 20.7. The van der Waals surface area contributed by atoms with Gasteiger partial charge in [-0.1, -0.05) is 29.3 Å². The summed E-state index contributed by atoms with van der Waals surface area (Å²) >= 11 is 1.85. The van der Waals surface area contributed by atoms with Gasteiger partial charge in [-0.2, -0.15) is 11.8 Å². The quantitative estimate of drug-likeness (QED) is 0.540. The van der Waals surface area contributed by atoms with E-state index in [0.717, 1.165) is 47.2 Å². The van der Waals surface area contributed by atoms with Gasteiger partial charge in [0.05, 0.1) is 18.0 Å². The number of carbonyl (C=O) groups is 1. The van der Waals surface area contributed by atoms with Gasteiger partial charge in [0.2, 0.25) is 5.91 Å². The number of halogens is 1. The van der Waals surface area contributed by atoms with Crippen molar-refractivity contribution in [3.05, 3.63) is 73.8 Å². The van der Waals surface area contributed by atoms with Crippen LogP contribution >= 0.6 is 11.8 Å². The molecule has 3 aromatic rings. The lowest BCUT2D eigenvalue weighted by Crippen LogP contribution is -2.46. The summed E-state index contributed by atoms with van der Waals surface area (Å²) in [6.07, 6.45) is 5.58. The lowest BCUT2D eigenvalue weighted by Gasteiger charge is -2.31. The molecule has 2 fully saturated rings. The minimum Gasteiger partial charge on any atom is -0.353 e. The standard InChI is InChI=1S/C28H33FN4O3S/c1-17-11-18(2)13-19(12-17)14-25(34)31-21-3-5-22(6-4-21)33-27(35)24-15-20(29)16-30-26(24)32(28(33)36)23-7-9-37-10-8-23/h11-13,15-16,21-23H,3-10,14H2,1-2H3,(H,31,34)/t21-,22+. The van der Waals surface area contributed by atoms with E-state index < -0.39 is 11.4 Å². The van der Waals surface area contributed by atoms with Gasteiger partial charge in [-0.15, -0.1) is 0 Å². The van der Waals surface area contributed by atoms with Crippen molar-refractivity contribution in [3.63, 3.8) is 0 Å². The molecule has 2 aromatic heterocycles. The first-order valence-electron chi connectivity index (χ1n) is 13.1. The number of fused-ring (bicyclic) bond motifs is 1. The number of nitrogens with zero attached hydrogens (tertiary/aromatic N) is 3. The number of hydrogen-bond donors (Lipinski definition) is 1. The van der Waals surface area contributed by atoms with E-state index >= 15 is 0 Å². The highest BCUT2D eigenvalue weighted by atomic mass is 32.2. The smallest absolute Gasteiger partial charge is 0.333 e. The zero-order valence-electron chi connectivity index (χ0n) is 21.3. The number of aromatic nitrogens is 3. The molecule has 0 unspecified atom stereocenters. The Kier molecular flexibility index (Phi) is 7.51. The van der Waals surface area contributed by atoms with Gasteiger partial charge in [0.15, 0.2) is 0 Å². The molecular formula is C28H33FN4O3S. The molecule has 3 heterocycles. The fraction of sp³-hybridized carbons (Fsp3) is 0.500. The van der Waals surface area contributed by atoms with Crippen molar-refractivity contribution in [1.29, 1.82) is 0 Å². The second kappa shape index (κ2) is 10.8. The largest absolute Gasteiger partial charge is 0.353 e. The van der Waals surface area contributed by atoms with E-state index in [4.69, 9.17) is 0 Å². The molecule has 1 N–H and O–H groups in total. The van der Waals surface area contributed by atoms with E-state index in [9.17, 15) is 18.8 Å².